The number of rotatable bonds is 7. The molecule has 0 aliphatic carbocycles. The lowest BCUT2D eigenvalue weighted by atomic mass is 10.2. The molecular formula is C15H16N2O5S. The molecule has 1 aliphatic rings. The highest BCUT2D eigenvalue weighted by Crippen LogP contribution is 2.33. The van der Waals surface area contributed by atoms with Gasteiger partial charge in [-0.15, -0.1) is 0 Å². The van der Waals surface area contributed by atoms with E-state index in [0.717, 1.165) is 16.7 Å². The normalized spacial score (nSPS) is 16.2. The Morgan fingerprint density at radius 2 is 2.09 bits per heavy atom. The Balaban J connectivity index is 2.20. The van der Waals surface area contributed by atoms with Crippen LogP contribution in [0.3, 0.4) is 0 Å². The van der Waals surface area contributed by atoms with E-state index in [2.05, 4.69) is 0 Å². The molecule has 1 heterocycles. The van der Waals surface area contributed by atoms with Crippen molar-refractivity contribution in [1.29, 1.82) is 0 Å². The first-order valence-corrected chi connectivity index (χ1v) is 7.59. The number of methoxy groups -OCH3 is 1. The number of carbonyl (C=O) groups excluding carboxylic acids is 3. The van der Waals surface area contributed by atoms with Crippen molar-refractivity contribution in [2.24, 2.45) is 5.73 Å². The summed E-state index contributed by atoms with van der Waals surface area (Å²) >= 11 is 0.856. The Kier molecular flexibility index (Phi) is 5.78. The topological polar surface area (TPSA) is 98.9 Å². The first-order chi connectivity index (χ1) is 11.0. The van der Waals surface area contributed by atoms with Gasteiger partial charge in [-0.05, 0) is 23.9 Å². The molecule has 23 heavy (non-hydrogen) atoms. The molecule has 1 aromatic rings. The van der Waals surface area contributed by atoms with E-state index in [9.17, 15) is 14.4 Å². The number of carbonyl (C=O) groups is 3. The van der Waals surface area contributed by atoms with Crippen LogP contribution in [-0.2, 0) is 14.3 Å². The smallest absolute Gasteiger partial charge is 0.293 e. The van der Waals surface area contributed by atoms with Gasteiger partial charge in [-0.1, -0.05) is 18.2 Å². The highest BCUT2D eigenvalue weighted by Gasteiger charge is 2.34. The summed E-state index contributed by atoms with van der Waals surface area (Å²) in [6, 6.07) is 6.87. The number of para-hydroxylation sites is 1. The number of ether oxygens (including phenoxy) is 2. The van der Waals surface area contributed by atoms with Crippen molar-refractivity contribution in [2.45, 2.75) is 0 Å². The summed E-state index contributed by atoms with van der Waals surface area (Å²) in [4.78, 5) is 36.4. The minimum Gasteiger partial charge on any atom is -0.483 e. The fourth-order valence-corrected chi connectivity index (χ4v) is 2.75. The molecule has 3 amide bonds. The van der Waals surface area contributed by atoms with E-state index in [1.807, 2.05) is 0 Å². The molecule has 7 nitrogen and oxygen atoms in total. The van der Waals surface area contributed by atoms with Crippen molar-refractivity contribution >= 4 is 34.9 Å². The van der Waals surface area contributed by atoms with Crippen LogP contribution in [0, 0.1) is 0 Å². The summed E-state index contributed by atoms with van der Waals surface area (Å²) in [5, 5.41) is -0.339. The van der Waals surface area contributed by atoms with Crippen LogP contribution in [-0.4, -0.2) is 48.8 Å². The second kappa shape index (κ2) is 7.80. The number of hydrogen-bond donors (Lipinski definition) is 1. The SMILES string of the molecule is COCCN1C(=O)S/C(=C/c2ccccc2OCC(N)=O)C1=O. The van der Waals surface area contributed by atoms with Gasteiger partial charge in [0.25, 0.3) is 17.1 Å². The predicted molar refractivity (Wildman–Crippen MR) is 85.7 cm³/mol. The average Bonchev–Trinajstić information content (AvgIpc) is 2.78. The number of nitrogens with two attached hydrogens (primary N) is 1. The van der Waals surface area contributed by atoms with Gasteiger partial charge in [0.2, 0.25) is 0 Å². The second-order valence-corrected chi connectivity index (χ2v) is 5.61. The van der Waals surface area contributed by atoms with Crippen molar-refractivity contribution in [1.82, 2.24) is 4.90 Å². The van der Waals surface area contributed by atoms with Crippen LogP contribution >= 0.6 is 11.8 Å². The number of imide groups is 1. The van der Waals surface area contributed by atoms with E-state index in [1.54, 1.807) is 30.3 Å². The molecule has 0 saturated carbocycles. The maximum Gasteiger partial charge on any atom is 0.293 e. The molecule has 0 aromatic heterocycles. The molecule has 0 atom stereocenters. The van der Waals surface area contributed by atoms with Crippen LogP contribution in [0.2, 0.25) is 0 Å². The van der Waals surface area contributed by atoms with E-state index in [1.165, 1.54) is 7.11 Å². The van der Waals surface area contributed by atoms with E-state index < -0.39 is 5.91 Å². The first-order valence-electron chi connectivity index (χ1n) is 6.77. The minimum absolute atomic E-state index is 0.207. The second-order valence-electron chi connectivity index (χ2n) is 4.62. The van der Waals surface area contributed by atoms with Crippen LogP contribution < -0.4 is 10.5 Å². The van der Waals surface area contributed by atoms with Crippen molar-refractivity contribution in [3.8, 4) is 5.75 Å². The average molecular weight is 336 g/mol. The third-order valence-electron chi connectivity index (χ3n) is 2.97. The Morgan fingerprint density at radius 1 is 1.35 bits per heavy atom. The number of primary amides is 1. The number of amides is 3. The minimum atomic E-state index is -0.598. The van der Waals surface area contributed by atoms with Gasteiger partial charge in [-0.25, -0.2) is 0 Å². The number of thioether (sulfide) groups is 1. The molecule has 2 rings (SSSR count). The van der Waals surface area contributed by atoms with E-state index in [-0.39, 0.29) is 30.9 Å². The van der Waals surface area contributed by atoms with Crippen LogP contribution in [0.25, 0.3) is 6.08 Å². The molecule has 0 spiro atoms. The zero-order valence-electron chi connectivity index (χ0n) is 12.5. The fraction of sp³-hybridized carbons (Fsp3) is 0.267. The number of benzene rings is 1. The van der Waals surface area contributed by atoms with Crippen molar-refractivity contribution in [2.75, 3.05) is 26.9 Å². The Morgan fingerprint density at radius 3 is 2.78 bits per heavy atom. The zero-order chi connectivity index (χ0) is 16.8. The lowest BCUT2D eigenvalue weighted by molar-refractivity contribution is -0.123. The first kappa shape index (κ1) is 17.0. The van der Waals surface area contributed by atoms with Crippen LogP contribution in [0.1, 0.15) is 5.56 Å². The van der Waals surface area contributed by atoms with Crippen LogP contribution in [0.15, 0.2) is 29.2 Å². The molecule has 122 valence electrons. The molecule has 8 heteroatoms. The maximum atomic E-state index is 12.2. The van der Waals surface area contributed by atoms with Crippen LogP contribution in [0.5, 0.6) is 5.75 Å². The standard InChI is InChI=1S/C15H16N2O5S/c1-21-7-6-17-14(19)12(23-15(17)20)8-10-4-2-3-5-11(10)22-9-13(16)18/h2-5,8H,6-7,9H2,1H3,(H2,16,18)/b12-8+. The van der Waals surface area contributed by atoms with Gasteiger partial charge in [-0.3, -0.25) is 19.3 Å². The quantitative estimate of drug-likeness (QED) is 0.752. The van der Waals surface area contributed by atoms with E-state index >= 15 is 0 Å². The molecule has 1 aromatic carbocycles. The molecule has 2 N–H and O–H groups in total. The maximum absolute atomic E-state index is 12.2. The third kappa shape index (κ3) is 4.33. The van der Waals surface area contributed by atoms with Crippen LogP contribution in [0.4, 0.5) is 4.79 Å². The summed E-state index contributed by atoms with van der Waals surface area (Å²) in [7, 11) is 1.50. The molecule has 1 saturated heterocycles. The van der Waals surface area contributed by atoms with Crippen molar-refractivity contribution in [3.63, 3.8) is 0 Å². The molecular weight excluding hydrogens is 320 g/mol. The van der Waals surface area contributed by atoms with Gasteiger partial charge in [-0.2, -0.15) is 0 Å². The zero-order valence-corrected chi connectivity index (χ0v) is 13.3. The van der Waals surface area contributed by atoms with Gasteiger partial charge in [0.05, 0.1) is 18.1 Å². The highest BCUT2D eigenvalue weighted by molar-refractivity contribution is 8.18. The molecule has 1 fully saturated rings. The van der Waals surface area contributed by atoms with Gasteiger partial charge in [0.15, 0.2) is 6.61 Å². The summed E-state index contributed by atoms with van der Waals surface area (Å²) in [5.41, 5.74) is 5.65. The van der Waals surface area contributed by atoms with Gasteiger partial charge >= 0.3 is 0 Å². The monoisotopic (exact) mass is 336 g/mol. The summed E-state index contributed by atoms with van der Waals surface area (Å²) in [6.07, 6.45) is 1.56. The Labute approximate surface area is 137 Å². The number of hydrogen-bond acceptors (Lipinski definition) is 6. The predicted octanol–water partition coefficient (Wildman–Crippen LogP) is 1.23. The lowest BCUT2D eigenvalue weighted by Crippen LogP contribution is -2.31. The summed E-state index contributed by atoms with van der Waals surface area (Å²) in [6.45, 7) is 0.224. The third-order valence-corrected chi connectivity index (χ3v) is 3.88. The fourth-order valence-electron chi connectivity index (χ4n) is 1.90. The van der Waals surface area contributed by atoms with E-state index in [0.29, 0.717) is 16.2 Å². The number of nitrogens with zero attached hydrogens (tertiary/aromatic N) is 1. The van der Waals surface area contributed by atoms with E-state index in [4.69, 9.17) is 15.2 Å². The Bertz CT molecular complexity index is 659. The van der Waals surface area contributed by atoms with Crippen molar-refractivity contribution in [3.05, 3.63) is 34.7 Å². The molecule has 0 radical (unpaired) electrons. The Hall–Kier alpha value is -2.32. The molecule has 0 unspecified atom stereocenters. The lowest BCUT2D eigenvalue weighted by Gasteiger charge is -2.11. The molecule has 0 bridgehead atoms. The summed E-state index contributed by atoms with van der Waals surface area (Å²) in [5.74, 6) is -0.559. The summed E-state index contributed by atoms with van der Waals surface area (Å²) < 4.78 is 10.2. The highest BCUT2D eigenvalue weighted by atomic mass is 32.2. The van der Waals surface area contributed by atoms with Gasteiger partial charge in [0.1, 0.15) is 5.75 Å². The van der Waals surface area contributed by atoms with Crippen molar-refractivity contribution < 1.29 is 23.9 Å². The van der Waals surface area contributed by atoms with Gasteiger partial charge < -0.3 is 15.2 Å². The van der Waals surface area contributed by atoms with Gasteiger partial charge in [0, 0.05) is 12.7 Å². The molecule has 1 aliphatic heterocycles. The largest absolute Gasteiger partial charge is 0.483 e.